The van der Waals surface area contributed by atoms with Gasteiger partial charge < -0.3 is 14.7 Å². The topological polar surface area (TPSA) is 114 Å². The van der Waals surface area contributed by atoms with Gasteiger partial charge in [-0.25, -0.2) is 12.8 Å². The molecular weight excluding hydrogens is 595 g/mol. The lowest BCUT2D eigenvalue weighted by atomic mass is 9.77. The Morgan fingerprint density at radius 1 is 1.05 bits per heavy atom. The number of aryl methyl sites for hydroxylation is 1. The monoisotopic (exact) mass is 626 g/mol. The van der Waals surface area contributed by atoms with Gasteiger partial charge in [0, 0.05) is 30.4 Å². The van der Waals surface area contributed by atoms with Crippen LogP contribution in [0.1, 0.15) is 55.2 Å². The first-order chi connectivity index (χ1) is 20.6. The van der Waals surface area contributed by atoms with Crippen molar-refractivity contribution in [1.29, 1.82) is 0 Å². The molecule has 1 aliphatic heterocycles. The van der Waals surface area contributed by atoms with Gasteiger partial charge in [-0.3, -0.25) is 14.6 Å². The zero-order valence-corrected chi connectivity index (χ0v) is 25.0. The van der Waals surface area contributed by atoms with Gasteiger partial charge >= 0.3 is 5.97 Å². The number of carboxylic acids is 1. The molecule has 1 aromatic heterocycles. The van der Waals surface area contributed by atoms with Crippen LogP contribution in [-0.2, 0) is 37.2 Å². The molecule has 0 radical (unpaired) electrons. The number of halogens is 2. The van der Waals surface area contributed by atoms with Crippen LogP contribution in [0.2, 0.25) is 5.02 Å². The molecule has 3 aromatic rings. The summed E-state index contributed by atoms with van der Waals surface area (Å²) in [5.41, 5.74) is 2.23. The Labute approximate surface area is 254 Å². The van der Waals surface area contributed by atoms with E-state index in [1.165, 1.54) is 12.1 Å². The fourth-order valence-electron chi connectivity index (χ4n) is 7.19. The SMILES string of the molecule is O=C(O)[C@H]1CC[C@H](C(=O)N2CC[C@@]3(S(=O)(=O)c4ccc(F)cc4)c4ccc(OCc5ccncc5Cl)cc4CC[C@@H]23)CC1. The predicted octanol–water partition coefficient (Wildman–Crippen LogP) is 5.56. The fraction of sp³-hybridized carbons (Fsp3) is 0.406. The highest BCUT2D eigenvalue weighted by Crippen LogP contribution is 2.53. The van der Waals surface area contributed by atoms with Crippen molar-refractivity contribution in [2.75, 3.05) is 6.54 Å². The number of carbonyl (C=O) groups excluding carboxylic acids is 1. The number of hydrogen-bond acceptors (Lipinski definition) is 6. The van der Waals surface area contributed by atoms with Crippen LogP contribution in [-0.4, -0.2) is 47.9 Å². The Hall–Kier alpha value is -3.50. The number of rotatable bonds is 7. The molecule has 8 nitrogen and oxygen atoms in total. The number of amides is 1. The minimum atomic E-state index is -4.08. The molecule has 1 amide bonds. The standard InChI is InChI=1S/C32H32ClFN2O6S/c33-28-18-35-15-13-23(28)19-42-25-8-11-27-22(17-25)5-12-29-32(27,43(40,41)26-9-6-24(34)7-10-26)14-16-36(29)30(37)20-1-3-21(4-2-20)31(38)39/h6-11,13,15,17-18,20-21,29H,1-5,12,14,16,19H2,(H,38,39)/t20-,21-,29-,32-/m1/s1. The van der Waals surface area contributed by atoms with E-state index in [0.717, 1.165) is 23.3 Å². The molecule has 0 bridgehead atoms. The summed E-state index contributed by atoms with van der Waals surface area (Å²) in [6.07, 6.45) is 6.15. The summed E-state index contributed by atoms with van der Waals surface area (Å²) in [5.74, 6) is -1.70. The molecule has 43 heavy (non-hydrogen) atoms. The number of fused-ring (bicyclic) bond motifs is 3. The first-order valence-electron chi connectivity index (χ1n) is 14.5. The summed E-state index contributed by atoms with van der Waals surface area (Å²) >= 11 is 6.23. The third-order valence-electron chi connectivity index (χ3n) is 9.42. The lowest BCUT2D eigenvalue weighted by molar-refractivity contribution is -0.146. The van der Waals surface area contributed by atoms with Crippen molar-refractivity contribution in [3.05, 3.63) is 88.5 Å². The highest BCUT2D eigenvalue weighted by molar-refractivity contribution is 7.92. The molecule has 1 saturated carbocycles. The Morgan fingerprint density at radius 3 is 2.47 bits per heavy atom. The second-order valence-corrected chi connectivity index (χ2v) is 14.3. The Morgan fingerprint density at radius 2 is 1.77 bits per heavy atom. The van der Waals surface area contributed by atoms with Gasteiger partial charge in [0.15, 0.2) is 9.84 Å². The molecule has 1 N–H and O–H groups in total. The normalized spacial score (nSPS) is 25.1. The molecule has 6 rings (SSSR count). The number of aromatic nitrogens is 1. The highest BCUT2D eigenvalue weighted by atomic mass is 35.5. The van der Waals surface area contributed by atoms with Crippen molar-refractivity contribution in [2.45, 2.75) is 67.2 Å². The van der Waals surface area contributed by atoms with Gasteiger partial charge in [0.25, 0.3) is 0 Å². The number of pyridine rings is 1. The first kappa shape index (κ1) is 29.6. The van der Waals surface area contributed by atoms with Gasteiger partial charge in [0.1, 0.15) is 22.9 Å². The number of carbonyl (C=O) groups is 2. The van der Waals surface area contributed by atoms with Crippen molar-refractivity contribution in [3.63, 3.8) is 0 Å². The van der Waals surface area contributed by atoms with Crippen LogP contribution in [0.4, 0.5) is 4.39 Å². The van der Waals surface area contributed by atoms with Crippen molar-refractivity contribution in [3.8, 4) is 5.75 Å². The van der Waals surface area contributed by atoms with Crippen LogP contribution in [0, 0.1) is 17.7 Å². The van der Waals surface area contributed by atoms with Gasteiger partial charge in [-0.05, 0) is 98.5 Å². The van der Waals surface area contributed by atoms with E-state index in [4.69, 9.17) is 16.3 Å². The van der Waals surface area contributed by atoms with Crippen LogP contribution in [0.5, 0.6) is 5.75 Å². The maximum Gasteiger partial charge on any atom is 0.306 e. The fourth-order valence-corrected chi connectivity index (χ4v) is 9.73. The maximum atomic E-state index is 14.6. The van der Waals surface area contributed by atoms with E-state index in [9.17, 15) is 27.5 Å². The van der Waals surface area contributed by atoms with Crippen LogP contribution < -0.4 is 4.74 Å². The zero-order valence-electron chi connectivity index (χ0n) is 23.4. The molecule has 2 atom stereocenters. The number of hydrogen-bond donors (Lipinski definition) is 1. The Kier molecular flexibility index (Phi) is 7.93. The lowest BCUT2D eigenvalue weighted by Crippen LogP contribution is -2.53. The van der Waals surface area contributed by atoms with Gasteiger partial charge in [-0.2, -0.15) is 0 Å². The van der Waals surface area contributed by atoms with Crippen molar-refractivity contribution < 1.29 is 32.2 Å². The molecule has 1 saturated heterocycles. The lowest BCUT2D eigenvalue weighted by Gasteiger charge is -2.43. The van der Waals surface area contributed by atoms with E-state index in [2.05, 4.69) is 4.98 Å². The van der Waals surface area contributed by atoms with E-state index in [1.54, 1.807) is 35.5 Å². The van der Waals surface area contributed by atoms with Crippen molar-refractivity contribution in [1.82, 2.24) is 9.88 Å². The predicted molar refractivity (Wildman–Crippen MR) is 157 cm³/mol. The molecule has 2 fully saturated rings. The van der Waals surface area contributed by atoms with Gasteiger partial charge in [-0.15, -0.1) is 0 Å². The van der Waals surface area contributed by atoms with Crippen LogP contribution in [0.3, 0.4) is 0 Å². The van der Waals surface area contributed by atoms with Crippen LogP contribution in [0.15, 0.2) is 65.8 Å². The summed E-state index contributed by atoms with van der Waals surface area (Å²) in [4.78, 5) is 31.1. The molecule has 3 aliphatic rings. The third kappa shape index (κ3) is 5.18. The average Bonchev–Trinajstić information content (AvgIpc) is 3.42. The molecule has 2 aromatic carbocycles. The van der Waals surface area contributed by atoms with Gasteiger partial charge in [0.05, 0.1) is 21.9 Å². The molecule has 0 unspecified atom stereocenters. The van der Waals surface area contributed by atoms with E-state index in [0.29, 0.717) is 54.9 Å². The second kappa shape index (κ2) is 11.5. The van der Waals surface area contributed by atoms with Crippen molar-refractivity contribution >= 4 is 33.3 Å². The minimum absolute atomic E-state index is 0.00988. The summed E-state index contributed by atoms with van der Waals surface area (Å²) in [6, 6.07) is 11.4. The smallest absolute Gasteiger partial charge is 0.306 e. The van der Waals surface area contributed by atoms with E-state index in [1.807, 2.05) is 6.07 Å². The summed E-state index contributed by atoms with van der Waals surface area (Å²) in [5, 5.41) is 9.88. The zero-order chi connectivity index (χ0) is 30.4. The summed E-state index contributed by atoms with van der Waals surface area (Å²) in [6.45, 7) is 0.481. The highest BCUT2D eigenvalue weighted by Gasteiger charge is 2.61. The number of aliphatic carboxylic acids is 1. The Bertz CT molecular complexity index is 1660. The first-order valence-corrected chi connectivity index (χ1v) is 16.4. The molecular formula is C32H32ClFN2O6S. The van der Waals surface area contributed by atoms with E-state index in [-0.39, 0.29) is 36.3 Å². The average molecular weight is 627 g/mol. The molecule has 11 heteroatoms. The number of carboxylic acid groups (broad SMARTS) is 1. The quantitative estimate of drug-likeness (QED) is 0.342. The van der Waals surface area contributed by atoms with E-state index < -0.39 is 38.3 Å². The molecule has 0 spiro atoms. The molecule has 2 heterocycles. The number of nitrogens with zero attached hydrogens (tertiary/aromatic N) is 2. The Balaban J connectivity index is 1.35. The summed E-state index contributed by atoms with van der Waals surface area (Å²) in [7, 11) is -4.08. The van der Waals surface area contributed by atoms with E-state index >= 15 is 0 Å². The largest absolute Gasteiger partial charge is 0.489 e. The second-order valence-electron chi connectivity index (χ2n) is 11.6. The van der Waals surface area contributed by atoms with Gasteiger partial charge in [0.2, 0.25) is 5.91 Å². The molecule has 2 aliphatic carbocycles. The number of likely N-dealkylation sites (tertiary alicyclic amines) is 1. The number of benzene rings is 2. The summed E-state index contributed by atoms with van der Waals surface area (Å²) < 4.78 is 47.6. The maximum absolute atomic E-state index is 14.6. The minimum Gasteiger partial charge on any atom is -0.489 e. The van der Waals surface area contributed by atoms with Gasteiger partial charge in [-0.1, -0.05) is 17.7 Å². The number of sulfone groups is 1. The van der Waals surface area contributed by atoms with Crippen LogP contribution >= 0.6 is 11.6 Å². The third-order valence-corrected chi connectivity index (χ3v) is 12.3. The van der Waals surface area contributed by atoms with Crippen molar-refractivity contribution in [2.24, 2.45) is 11.8 Å². The van der Waals surface area contributed by atoms with Crippen LogP contribution in [0.25, 0.3) is 0 Å². The molecule has 226 valence electrons. The number of ether oxygens (including phenoxy) is 1.